The minimum atomic E-state index is -0.204. The number of hydrogen-bond acceptors (Lipinski definition) is 2. The average molecular weight is 345 g/mol. The van der Waals surface area contributed by atoms with Crippen molar-refractivity contribution in [2.45, 2.75) is 33.6 Å². The van der Waals surface area contributed by atoms with E-state index in [1.165, 1.54) is 11.8 Å². The predicted molar refractivity (Wildman–Crippen MR) is 91.6 cm³/mol. The third-order valence-electron chi connectivity index (χ3n) is 3.19. The standard InChI is InChI=1S/C16H22Cl2N2O2/c1-11(2)7-9-19-15(22)8-10-20(12(3)21)16-13(17)5-4-6-14(16)18/h4-6,11H,7-10H2,1-3H3,(H,19,22). The first kappa shape index (κ1) is 18.8. The molecule has 4 nitrogen and oxygen atoms in total. The second-order valence-corrected chi connectivity index (χ2v) is 6.34. The van der Waals surface area contributed by atoms with E-state index in [1.54, 1.807) is 18.2 Å². The van der Waals surface area contributed by atoms with Gasteiger partial charge in [0.25, 0.3) is 0 Å². The van der Waals surface area contributed by atoms with Crippen LogP contribution in [-0.4, -0.2) is 24.9 Å². The van der Waals surface area contributed by atoms with Crippen molar-refractivity contribution in [1.29, 1.82) is 0 Å². The van der Waals surface area contributed by atoms with Gasteiger partial charge in [0.2, 0.25) is 11.8 Å². The molecule has 2 amide bonds. The van der Waals surface area contributed by atoms with Crippen molar-refractivity contribution in [2.24, 2.45) is 5.92 Å². The number of carbonyl (C=O) groups excluding carboxylic acids is 2. The van der Waals surface area contributed by atoms with Crippen LogP contribution in [0.1, 0.15) is 33.6 Å². The molecule has 122 valence electrons. The molecule has 0 heterocycles. The smallest absolute Gasteiger partial charge is 0.223 e. The largest absolute Gasteiger partial charge is 0.356 e. The summed E-state index contributed by atoms with van der Waals surface area (Å²) < 4.78 is 0. The Balaban J connectivity index is 2.66. The van der Waals surface area contributed by atoms with Gasteiger partial charge in [-0.15, -0.1) is 0 Å². The third-order valence-corrected chi connectivity index (χ3v) is 3.80. The summed E-state index contributed by atoms with van der Waals surface area (Å²) in [4.78, 5) is 25.1. The van der Waals surface area contributed by atoms with Gasteiger partial charge < -0.3 is 10.2 Å². The van der Waals surface area contributed by atoms with Gasteiger partial charge in [-0.25, -0.2) is 0 Å². The molecule has 6 heteroatoms. The van der Waals surface area contributed by atoms with Crippen LogP contribution in [0.3, 0.4) is 0 Å². The molecule has 0 spiro atoms. The van der Waals surface area contributed by atoms with Crippen LogP contribution in [0.5, 0.6) is 0 Å². The van der Waals surface area contributed by atoms with Crippen molar-refractivity contribution in [3.8, 4) is 0 Å². The second-order valence-electron chi connectivity index (χ2n) is 5.52. The number of amides is 2. The zero-order chi connectivity index (χ0) is 16.7. The average Bonchev–Trinajstić information content (AvgIpc) is 2.41. The number of nitrogens with zero attached hydrogens (tertiary/aromatic N) is 1. The Hall–Kier alpha value is -1.26. The first-order valence-electron chi connectivity index (χ1n) is 7.31. The highest BCUT2D eigenvalue weighted by molar-refractivity contribution is 6.39. The SMILES string of the molecule is CC(=O)N(CCC(=O)NCCC(C)C)c1c(Cl)cccc1Cl. The minimum Gasteiger partial charge on any atom is -0.356 e. The highest BCUT2D eigenvalue weighted by atomic mass is 35.5. The van der Waals surface area contributed by atoms with Gasteiger partial charge in [-0.2, -0.15) is 0 Å². The van der Waals surface area contributed by atoms with Crippen LogP contribution in [0, 0.1) is 5.92 Å². The quantitative estimate of drug-likeness (QED) is 0.815. The minimum absolute atomic E-state index is 0.0879. The number of nitrogens with one attached hydrogen (secondary N) is 1. The fraction of sp³-hybridized carbons (Fsp3) is 0.500. The molecule has 0 radical (unpaired) electrons. The normalized spacial score (nSPS) is 10.6. The van der Waals surface area contributed by atoms with Gasteiger partial charge in [0.15, 0.2) is 0 Å². The number of rotatable bonds is 7. The Morgan fingerprint density at radius 3 is 2.32 bits per heavy atom. The highest BCUT2D eigenvalue weighted by Crippen LogP contribution is 2.33. The molecule has 0 aliphatic rings. The molecule has 0 atom stereocenters. The topological polar surface area (TPSA) is 49.4 Å². The highest BCUT2D eigenvalue weighted by Gasteiger charge is 2.18. The second kappa shape index (κ2) is 9.01. The van der Waals surface area contributed by atoms with Crippen LogP contribution in [0.25, 0.3) is 0 Å². The summed E-state index contributed by atoms with van der Waals surface area (Å²) in [7, 11) is 0. The molecule has 22 heavy (non-hydrogen) atoms. The molecule has 0 fully saturated rings. The van der Waals surface area contributed by atoms with Crippen LogP contribution >= 0.6 is 23.2 Å². The lowest BCUT2D eigenvalue weighted by Gasteiger charge is -2.23. The lowest BCUT2D eigenvalue weighted by Crippen LogP contribution is -2.34. The predicted octanol–water partition coefficient (Wildman–Crippen LogP) is 3.90. The van der Waals surface area contributed by atoms with E-state index in [-0.39, 0.29) is 24.8 Å². The fourth-order valence-electron chi connectivity index (χ4n) is 1.98. The van der Waals surface area contributed by atoms with E-state index in [9.17, 15) is 9.59 Å². The number of carbonyl (C=O) groups is 2. The van der Waals surface area contributed by atoms with Crippen molar-refractivity contribution in [3.05, 3.63) is 28.2 Å². The Morgan fingerprint density at radius 2 is 1.82 bits per heavy atom. The summed E-state index contributed by atoms with van der Waals surface area (Å²) in [5, 5.41) is 3.63. The van der Waals surface area contributed by atoms with Gasteiger partial charge in [0, 0.05) is 26.4 Å². The lowest BCUT2D eigenvalue weighted by molar-refractivity contribution is -0.121. The number of halogens is 2. The summed E-state index contributed by atoms with van der Waals surface area (Å²) in [5.74, 6) is 0.246. The van der Waals surface area contributed by atoms with Gasteiger partial charge in [-0.05, 0) is 24.5 Å². The van der Waals surface area contributed by atoms with Crippen molar-refractivity contribution in [1.82, 2.24) is 5.32 Å². The van der Waals surface area contributed by atoms with Crippen molar-refractivity contribution >= 4 is 40.7 Å². The van der Waals surface area contributed by atoms with Crippen LogP contribution in [0.2, 0.25) is 10.0 Å². The van der Waals surface area contributed by atoms with Crippen LogP contribution in [0.4, 0.5) is 5.69 Å². The molecule has 0 unspecified atom stereocenters. The van der Waals surface area contributed by atoms with Gasteiger partial charge in [-0.1, -0.05) is 43.1 Å². The van der Waals surface area contributed by atoms with E-state index in [0.717, 1.165) is 6.42 Å². The van der Waals surface area contributed by atoms with Crippen molar-refractivity contribution in [2.75, 3.05) is 18.0 Å². The summed E-state index contributed by atoms with van der Waals surface area (Å²) in [5.41, 5.74) is 0.452. The van der Waals surface area contributed by atoms with Crippen LogP contribution in [-0.2, 0) is 9.59 Å². The summed E-state index contributed by atoms with van der Waals surface area (Å²) in [6.45, 7) is 6.51. The number of para-hydroxylation sites is 1. The Bertz CT molecular complexity index is 513. The molecule has 1 N–H and O–H groups in total. The summed E-state index contributed by atoms with van der Waals surface area (Å²) in [6.07, 6.45) is 1.14. The first-order valence-corrected chi connectivity index (χ1v) is 8.07. The number of anilines is 1. The molecular weight excluding hydrogens is 323 g/mol. The molecule has 0 aliphatic heterocycles. The molecule has 0 saturated heterocycles. The number of hydrogen-bond donors (Lipinski definition) is 1. The maximum absolute atomic E-state index is 11.8. The van der Waals surface area contributed by atoms with Gasteiger partial charge in [-0.3, -0.25) is 9.59 Å². The Labute approximate surface area is 141 Å². The molecule has 0 bridgehead atoms. The molecule has 0 aliphatic carbocycles. The fourth-order valence-corrected chi connectivity index (χ4v) is 2.58. The maximum atomic E-state index is 11.8. The van der Waals surface area contributed by atoms with E-state index in [2.05, 4.69) is 19.2 Å². The van der Waals surface area contributed by atoms with Gasteiger partial charge in [0.1, 0.15) is 0 Å². The Kier molecular flexibility index (Phi) is 7.69. The monoisotopic (exact) mass is 344 g/mol. The van der Waals surface area contributed by atoms with E-state index in [1.807, 2.05) is 0 Å². The summed E-state index contributed by atoms with van der Waals surface area (Å²) >= 11 is 12.2. The third kappa shape index (κ3) is 5.85. The molecular formula is C16H22Cl2N2O2. The van der Waals surface area contributed by atoms with E-state index < -0.39 is 0 Å². The van der Waals surface area contributed by atoms with Crippen molar-refractivity contribution in [3.63, 3.8) is 0 Å². The Morgan fingerprint density at radius 1 is 1.23 bits per heavy atom. The zero-order valence-corrected chi connectivity index (χ0v) is 14.7. The maximum Gasteiger partial charge on any atom is 0.223 e. The van der Waals surface area contributed by atoms with Gasteiger partial charge >= 0.3 is 0 Å². The molecule has 1 rings (SSSR count). The zero-order valence-electron chi connectivity index (χ0n) is 13.2. The lowest BCUT2D eigenvalue weighted by atomic mass is 10.1. The molecule has 1 aromatic carbocycles. The summed E-state index contributed by atoms with van der Waals surface area (Å²) in [6, 6.07) is 5.05. The first-order chi connectivity index (χ1) is 10.3. The van der Waals surface area contributed by atoms with E-state index in [0.29, 0.717) is 28.2 Å². The number of benzene rings is 1. The van der Waals surface area contributed by atoms with Crippen LogP contribution in [0.15, 0.2) is 18.2 Å². The van der Waals surface area contributed by atoms with Crippen LogP contribution < -0.4 is 10.2 Å². The molecule has 1 aromatic rings. The van der Waals surface area contributed by atoms with Gasteiger partial charge in [0.05, 0.1) is 15.7 Å². The van der Waals surface area contributed by atoms with Crippen molar-refractivity contribution < 1.29 is 9.59 Å². The van der Waals surface area contributed by atoms with E-state index >= 15 is 0 Å². The van der Waals surface area contributed by atoms with E-state index in [4.69, 9.17) is 23.2 Å². The molecule has 0 saturated carbocycles. The molecule has 0 aromatic heterocycles.